The lowest BCUT2D eigenvalue weighted by Gasteiger charge is -2.13. The summed E-state index contributed by atoms with van der Waals surface area (Å²) in [6.07, 6.45) is 1.86. The standard InChI is InChI=1S/C14H20N4S/c1-4-12-17-13(15-3)10(2)14(18-12)16-7-5-11-6-8-19-9-11/h6,8-9H,4-5,7H2,1-3H3,(H2,15,16,17,18). The lowest BCUT2D eigenvalue weighted by molar-refractivity contribution is 0.918. The van der Waals surface area contributed by atoms with Crippen LogP contribution in [0.5, 0.6) is 0 Å². The Morgan fingerprint density at radius 2 is 2.05 bits per heavy atom. The summed E-state index contributed by atoms with van der Waals surface area (Å²) < 4.78 is 0. The number of hydrogen-bond acceptors (Lipinski definition) is 5. The van der Waals surface area contributed by atoms with Gasteiger partial charge in [-0.2, -0.15) is 11.3 Å². The van der Waals surface area contributed by atoms with Crippen LogP contribution in [0.2, 0.25) is 0 Å². The van der Waals surface area contributed by atoms with E-state index in [1.165, 1.54) is 5.56 Å². The molecule has 0 aromatic carbocycles. The normalized spacial score (nSPS) is 10.5. The fraction of sp³-hybridized carbons (Fsp3) is 0.429. The zero-order valence-corrected chi connectivity index (χ0v) is 12.5. The third-order valence-corrected chi connectivity index (χ3v) is 3.76. The average molecular weight is 276 g/mol. The lowest BCUT2D eigenvalue weighted by Crippen LogP contribution is -2.11. The van der Waals surface area contributed by atoms with Crippen molar-refractivity contribution in [3.05, 3.63) is 33.8 Å². The van der Waals surface area contributed by atoms with Gasteiger partial charge in [0.25, 0.3) is 0 Å². The van der Waals surface area contributed by atoms with Crippen LogP contribution in [0, 0.1) is 6.92 Å². The molecule has 2 rings (SSSR count). The van der Waals surface area contributed by atoms with E-state index in [1.807, 2.05) is 14.0 Å². The van der Waals surface area contributed by atoms with E-state index >= 15 is 0 Å². The molecule has 0 saturated carbocycles. The van der Waals surface area contributed by atoms with Crippen molar-refractivity contribution >= 4 is 23.0 Å². The summed E-state index contributed by atoms with van der Waals surface area (Å²) in [6, 6.07) is 2.16. The summed E-state index contributed by atoms with van der Waals surface area (Å²) in [5.74, 6) is 2.71. The summed E-state index contributed by atoms with van der Waals surface area (Å²) in [7, 11) is 1.89. The second kappa shape index (κ2) is 6.52. The lowest BCUT2D eigenvalue weighted by atomic mass is 10.2. The van der Waals surface area contributed by atoms with Crippen LogP contribution < -0.4 is 10.6 Å². The van der Waals surface area contributed by atoms with E-state index in [2.05, 4.69) is 44.4 Å². The first-order valence-electron chi connectivity index (χ1n) is 6.54. The van der Waals surface area contributed by atoms with Crippen LogP contribution in [0.3, 0.4) is 0 Å². The maximum Gasteiger partial charge on any atom is 0.134 e. The van der Waals surface area contributed by atoms with Gasteiger partial charge in [-0.15, -0.1) is 0 Å². The van der Waals surface area contributed by atoms with E-state index in [0.29, 0.717) is 0 Å². The molecule has 0 aliphatic heterocycles. The number of nitrogens with one attached hydrogen (secondary N) is 2. The molecule has 4 nitrogen and oxygen atoms in total. The van der Waals surface area contributed by atoms with E-state index < -0.39 is 0 Å². The first-order chi connectivity index (χ1) is 9.24. The Bertz CT molecular complexity index is 522. The Hall–Kier alpha value is -1.62. The van der Waals surface area contributed by atoms with E-state index in [1.54, 1.807) is 11.3 Å². The molecular formula is C14H20N4S. The summed E-state index contributed by atoms with van der Waals surface area (Å²) in [4.78, 5) is 9.03. The Morgan fingerprint density at radius 3 is 2.68 bits per heavy atom. The Balaban J connectivity index is 2.06. The second-order valence-corrected chi connectivity index (χ2v) is 5.15. The van der Waals surface area contributed by atoms with Crippen molar-refractivity contribution in [3.63, 3.8) is 0 Å². The number of aryl methyl sites for hydroxylation is 1. The van der Waals surface area contributed by atoms with Gasteiger partial charge < -0.3 is 10.6 Å². The molecule has 2 aromatic rings. The maximum atomic E-state index is 4.56. The van der Waals surface area contributed by atoms with Crippen LogP contribution >= 0.6 is 11.3 Å². The van der Waals surface area contributed by atoms with Gasteiger partial charge in [-0.05, 0) is 35.7 Å². The summed E-state index contributed by atoms with van der Waals surface area (Å²) in [6.45, 7) is 5.00. The van der Waals surface area contributed by atoms with E-state index in [-0.39, 0.29) is 0 Å². The van der Waals surface area contributed by atoms with E-state index in [4.69, 9.17) is 0 Å². The van der Waals surface area contributed by atoms with Gasteiger partial charge in [0.2, 0.25) is 0 Å². The van der Waals surface area contributed by atoms with E-state index in [0.717, 1.165) is 42.4 Å². The molecule has 0 radical (unpaired) electrons. The predicted molar refractivity (Wildman–Crippen MR) is 82.2 cm³/mol. The van der Waals surface area contributed by atoms with Crippen LogP contribution in [-0.4, -0.2) is 23.6 Å². The molecule has 0 aliphatic rings. The third kappa shape index (κ3) is 3.44. The molecule has 19 heavy (non-hydrogen) atoms. The van der Waals surface area contributed by atoms with Crippen molar-refractivity contribution in [1.29, 1.82) is 0 Å². The first kappa shape index (κ1) is 13.8. The molecule has 2 heterocycles. The number of rotatable bonds is 6. The van der Waals surface area contributed by atoms with Gasteiger partial charge in [0, 0.05) is 25.6 Å². The highest BCUT2D eigenvalue weighted by Crippen LogP contribution is 2.19. The molecule has 0 spiro atoms. The monoisotopic (exact) mass is 276 g/mol. The van der Waals surface area contributed by atoms with Gasteiger partial charge in [-0.3, -0.25) is 0 Å². The van der Waals surface area contributed by atoms with Gasteiger partial charge in [0.15, 0.2) is 0 Å². The van der Waals surface area contributed by atoms with Crippen molar-refractivity contribution in [2.75, 3.05) is 24.2 Å². The summed E-state index contributed by atoms with van der Waals surface area (Å²) in [5, 5.41) is 10.8. The molecule has 102 valence electrons. The fourth-order valence-electron chi connectivity index (χ4n) is 1.90. The highest BCUT2D eigenvalue weighted by Gasteiger charge is 2.08. The molecule has 0 bridgehead atoms. The van der Waals surface area contributed by atoms with E-state index in [9.17, 15) is 0 Å². The minimum Gasteiger partial charge on any atom is -0.373 e. The van der Waals surface area contributed by atoms with Crippen LogP contribution in [-0.2, 0) is 12.8 Å². The molecule has 0 aliphatic carbocycles. The molecule has 0 atom stereocenters. The minimum atomic E-state index is 0.841. The van der Waals surface area contributed by atoms with Crippen molar-refractivity contribution in [1.82, 2.24) is 9.97 Å². The predicted octanol–water partition coefficient (Wildman–Crippen LogP) is 3.11. The highest BCUT2D eigenvalue weighted by atomic mass is 32.1. The Labute approximate surface area is 118 Å². The topological polar surface area (TPSA) is 49.8 Å². The maximum absolute atomic E-state index is 4.56. The van der Waals surface area contributed by atoms with Crippen molar-refractivity contribution in [3.8, 4) is 0 Å². The molecule has 0 fully saturated rings. The smallest absolute Gasteiger partial charge is 0.134 e. The number of thiophene rings is 1. The molecule has 2 aromatic heterocycles. The van der Waals surface area contributed by atoms with Gasteiger partial charge in [-0.25, -0.2) is 9.97 Å². The third-order valence-electron chi connectivity index (χ3n) is 3.03. The van der Waals surface area contributed by atoms with Gasteiger partial charge in [-0.1, -0.05) is 6.92 Å². The zero-order valence-electron chi connectivity index (χ0n) is 11.7. The summed E-state index contributed by atoms with van der Waals surface area (Å²) in [5.41, 5.74) is 2.44. The van der Waals surface area contributed by atoms with Crippen molar-refractivity contribution in [2.45, 2.75) is 26.7 Å². The highest BCUT2D eigenvalue weighted by molar-refractivity contribution is 7.07. The molecule has 5 heteroatoms. The minimum absolute atomic E-state index is 0.841. The molecule has 2 N–H and O–H groups in total. The number of anilines is 2. The zero-order chi connectivity index (χ0) is 13.7. The van der Waals surface area contributed by atoms with Gasteiger partial charge in [0.05, 0.1) is 0 Å². The second-order valence-electron chi connectivity index (χ2n) is 4.37. The number of nitrogens with zero attached hydrogens (tertiary/aromatic N) is 2. The van der Waals surface area contributed by atoms with Crippen LogP contribution in [0.25, 0.3) is 0 Å². The molecule has 0 saturated heterocycles. The number of hydrogen-bond donors (Lipinski definition) is 2. The largest absolute Gasteiger partial charge is 0.373 e. The molecular weight excluding hydrogens is 256 g/mol. The average Bonchev–Trinajstić information content (AvgIpc) is 2.94. The SMILES string of the molecule is CCc1nc(NC)c(C)c(NCCc2ccsc2)n1. The van der Waals surface area contributed by atoms with Crippen LogP contribution in [0.1, 0.15) is 23.9 Å². The van der Waals surface area contributed by atoms with Crippen molar-refractivity contribution in [2.24, 2.45) is 0 Å². The van der Waals surface area contributed by atoms with Crippen molar-refractivity contribution < 1.29 is 0 Å². The quantitative estimate of drug-likeness (QED) is 0.851. The number of aromatic nitrogens is 2. The van der Waals surface area contributed by atoms with Gasteiger partial charge >= 0.3 is 0 Å². The molecule has 0 unspecified atom stereocenters. The Morgan fingerprint density at radius 1 is 1.26 bits per heavy atom. The van der Waals surface area contributed by atoms with Crippen LogP contribution in [0.4, 0.5) is 11.6 Å². The summed E-state index contributed by atoms with van der Waals surface area (Å²) >= 11 is 1.74. The van der Waals surface area contributed by atoms with Crippen LogP contribution in [0.15, 0.2) is 16.8 Å². The molecule has 0 amide bonds. The first-order valence-corrected chi connectivity index (χ1v) is 7.49. The van der Waals surface area contributed by atoms with Gasteiger partial charge in [0.1, 0.15) is 17.5 Å². The fourth-order valence-corrected chi connectivity index (χ4v) is 2.60. The Kier molecular flexibility index (Phi) is 4.74.